The van der Waals surface area contributed by atoms with Gasteiger partial charge in [0.15, 0.2) is 0 Å². The van der Waals surface area contributed by atoms with Crippen LogP contribution >= 0.6 is 0 Å². The third-order valence-corrected chi connectivity index (χ3v) is 1.73. The Morgan fingerprint density at radius 1 is 1.15 bits per heavy atom. The van der Waals surface area contributed by atoms with Crippen LogP contribution in [-0.4, -0.2) is 13.3 Å². The minimum atomic E-state index is -0.222. The van der Waals surface area contributed by atoms with Crippen molar-refractivity contribution in [3.8, 4) is 5.75 Å². The van der Waals surface area contributed by atoms with Gasteiger partial charge in [0.05, 0.1) is 13.3 Å². The lowest BCUT2D eigenvalue weighted by molar-refractivity contribution is 0.301. The molecule has 0 aliphatic heterocycles. The molecule has 0 atom stereocenters. The zero-order chi connectivity index (χ0) is 9.36. The van der Waals surface area contributed by atoms with Crippen molar-refractivity contribution in [2.24, 2.45) is 0 Å². The largest absolute Gasteiger partial charge is 0.494 e. The summed E-state index contributed by atoms with van der Waals surface area (Å²) in [4.78, 5) is 0. The SMILES string of the molecule is FCCCCCOc1cc[c]cc1. The Morgan fingerprint density at radius 2 is 1.92 bits per heavy atom. The molecule has 1 rings (SSSR count). The third-order valence-electron chi connectivity index (χ3n) is 1.73. The monoisotopic (exact) mass is 181 g/mol. The van der Waals surface area contributed by atoms with Gasteiger partial charge in [-0.2, -0.15) is 0 Å². The molecule has 0 N–H and O–H groups in total. The predicted molar refractivity (Wildman–Crippen MR) is 50.6 cm³/mol. The fourth-order valence-corrected chi connectivity index (χ4v) is 1.03. The van der Waals surface area contributed by atoms with Crippen molar-refractivity contribution in [2.45, 2.75) is 19.3 Å². The summed E-state index contributed by atoms with van der Waals surface area (Å²) >= 11 is 0. The van der Waals surface area contributed by atoms with E-state index in [9.17, 15) is 4.39 Å². The molecule has 0 aliphatic carbocycles. The summed E-state index contributed by atoms with van der Waals surface area (Å²) in [6.07, 6.45) is 2.46. The van der Waals surface area contributed by atoms with Crippen LogP contribution in [0.4, 0.5) is 4.39 Å². The number of ether oxygens (including phenoxy) is 1. The van der Waals surface area contributed by atoms with E-state index in [4.69, 9.17) is 4.74 Å². The highest BCUT2D eigenvalue weighted by atomic mass is 19.1. The summed E-state index contributed by atoms with van der Waals surface area (Å²) < 4.78 is 17.1. The molecule has 0 bridgehead atoms. The second-order valence-electron chi connectivity index (χ2n) is 2.83. The number of benzene rings is 1. The van der Waals surface area contributed by atoms with Crippen LogP contribution in [0.5, 0.6) is 5.75 Å². The molecular formula is C11H14FO. The van der Waals surface area contributed by atoms with Gasteiger partial charge >= 0.3 is 0 Å². The van der Waals surface area contributed by atoms with Gasteiger partial charge in [0.2, 0.25) is 0 Å². The van der Waals surface area contributed by atoms with Crippen LogP contribution in [0.25, 0.3) is 0 Å². The maximum atomic E-state index is 11.7. The Hall–Kier alpha value is -1.05. The van der Waals surface area contributed by atoms with E-state index in [2.05, 4.69) is 6.07 Å². The number of halogens is 1. The van der Waals surface area contributed by atoms with Crippen molar-refractivity contribution in [1.29, 1.82) is 0 Å². The smallest absolute Gasteiger partial charge is 0.119 e. The van der Waals surface area contributed by atoms with Crippen molar-refractivity contribution in [2.75, 3.05) is 13.3 Å². The van der Waals surface area contributed by atoms with Crippen LogP contribution in [0.15, 0.2) is 24.3 Å². The average molecular weight is 181 g/mol. The maximum Gasteiger partial charge on any atom is 0.119 e. The molecule has 0 unspecified atom stereocenters. The summed E-state index contributed by atoms with van der Waals surface area (Å²) in [5.41, 5.74) is 0. The zero-order valence-electron chi connectivity index (χ0n) is 7.63. The Labute approximate surface area is 78.5 Å². The van der Waals surface area contributed by atoms with Crippen molar-refractivity contribution in [3.05, 3.63) is 30.3 Å². The summed E-state index contributed by atoms with van der Waals surface area (Å²) in [5, 5.41) is 0. The van der Waals surface area contributed by atoms with Crippen molar-refractivity contribution < 1.29 is 9.13 Å². The van der Waals surface area contributed by atoms with Crippen molar-refractivity contribution >= 4 is 0 Å². The van der Waals surface area contributed by atoms with Gasteiger partial charge in [-0.3, -0.25) is 4.39 Å². The molecule has 0 amide bonds. The van der Waals surface area contributed by atoms with E-state index in [-0.39, 0.29) is 6.67 Å². The minimum absolute atomic E-state index is 0.222. The number of hydrogen-bond donors (Lipinski definition) is 0. The van der Waals surface area contributed by atoms with Crippen LogP contribution < -0.4 is 4.74 Å². The van der Waals surface area contributed by atoms with Gasteiger partial charge in [-0.25, -0.2) is 0 Å². The minimum Gasteiger partial charge on any atom is -0.494 e. The van der Waals surface area contributed by atoms with Crippen LogP contribution in [0.3, 0.4) is 0 Å². The molecule has 1 radical (unpaired) electrons. The number of alkyl halides is 1. The lowest BCUT2D eigenvalue weighted by Gasteiger charge is -2.04. The fourth-order valence-electron chi connectivity index (χ4n) is 1.03. The lowest BCUT2D eigenvalue weighted by atomic mass is 10.2. The Kier molecular flexibility index (Phi) is 4.99. The van der Waals surface area contributed by atoms with Crippen molar-refractivity contribution in [1.82, 2.24) is 0 Å². The molecule has 0 spiro atoms. The standard InChI is InChI=1S/C11H14FO/c12-9-5-2-6-10-13-11-7-3-1-4-8-11/h3-4,7-8H,2,5-6,9-10H2. The van der Waals surface area contributed by atoms with E-state index in [1.165, 1.54) is 0 Å². The van der Waals surface area contributed by atoms with E-state index >= 15 is 0 Å². The molecule has 0 aromatic heterocycles. The molecule has 71 valence electrons. The Bertz CT molecular complexity index is 211. The first-order valence-corrected chi connectivity index (χ1v) is 4.58. The molecule has 0 heterocycles. The van der Waals surface area contributed by atoms with Gasteiger partial charge in [-0.1, -0.05) is 12.1 Å². The zero-order valence-corrected chi connectivity index (χ0v) is 7.63. The Balaban J connectivity index is 2.07. The van der Waals surface area contributed by atoms with Crippen LogP contribution in [0, 0.1) is 6.07 Å². The molecule has 1 aromatic rings. The van der Waals surface area contributed by atoms with Crippen molar-refractivity contribution in [3.63, 3.8) is 0 Å². The normalized spacial score (nSPS) is 9.92. The van der Waals surface area contributed by atoms with E-state index in [0.717, 1.165) is 18.6 Å². The predicted octanol–water partition coefficient (Wildman–Crippen LogP) is 3.01. The summed E-state index contributed by atoms with van der Waals surface area (Å²) in [6.45, 7) is 0.449. The van der Waals surface area contributed by atoms with Gasteiger partial charge in [0.1, 0.15) is 5.75 Å². The van der Waals surface area contributed by atoms with Crippen LogP contribution in [0.2, 0.25) is 0 Å². The van der Waals surface area contributed by atoms with E-state index < -0.39 is 0 Å². The highest BCUT2D eigenvalue weighted by molar-refractivity contribution is 5.20. The number of unbranched alkanes of at least 4 members (excludes halogenated alkanes) is 2. The number of rotatable bonds is 6. The second-order valence-corrected chi connectivity index (χ2v) is 2.83. The second kappa shape index (κ2) is 6.46. The average Bonchev–Trinajstić information content (AvgIpc) is 2.19. The first-order valence-electron chi connectivity index (χ1n) is 4.58. The maximum absolute atomic E-state index is 11.7. The quantitative estimate of drug-likeness (QED) is 0.613. The summed E-state index contributed by atoms with van der Waals surface area (Å²) in [5.74, 6) is 0.860. The highest BCUT2D eigenvalue weighted by Crippen LogP contribution is 2.08. The molecule has 0 aliphatic rings. The summed E-state index contributed by atoms with van der Waals surface area (Å²) in [7, 11) is 0. The van der Waals surface area contributed by atoms with E-state index in [1.54, 1.807) is 0 Å². The first-order chi connectivity index (χ1) is 6.43. The van der Waals surface area contributed by atoms with Gasteiger partial charge in [0.25, 0.3) is 0 Å². The molecule has 1 nitrogen and oxygen atoms in total. The number of hydrogen-bond acceptors (Lipinski definition) is 1. The van der Waals surface area contributed by atoms with Gasteiger partial charge in [0, 0.05) is 0 Å². The molecule has 2 heteroatoms. The van der Waals surface area contributed by atoms with E-state index in [1.807, 2.05) is 24.3 Å². The third kappa shape index (κ3) is 4.51. The Morgan fingerprint density at radius 3 is 2.62 bits per heavy atom. The molecular weight excluding hydrogens is 167 g/mol. The lowest BCUT2D eigenvalue weighted by Crippen LogP contribution is -1.96. The van der Waals surface area contributed by atoms with Gasteiger partial charge in [-0.15, -0.1) is 0 Å². The molecule has 0 saturated carbocycles. The molecule has 0 saturated heterocycles. The van der Waals surface area contributed by atoms with Gasteiger partial charge in [-0.05, 0) is 37.5 Å². The molecule has 0 fully saturated rings. The van der Waals surface area contributed by atoms with Crippen LogP contribution in [-0.2, 0) is 0 Å². The first kappa shape index (κ1) is 10.0. The topological polar surface area (TPSA) is 9.23 Å². The molecule has 1 aromatic carbocycles. The summed E-state index contributed by atoms with van der Waals surface area (Å²) in [6, 6.07) is 10.3. The van der Waals surface area contributed by atoms with Gasteiger partial charge < -0.3 is 4.74 Å². The van der Waals surface area contributed by atoms with E-state index in [0.29, 0.717) is 13.0 Å². The fraction of sp³-hybridized carbons (Fsp3) is 0.455. The van der Waals surface area contributed by atoms with Crippen LogP contribution in [0.1, 0.15) is 19.3 Å². The highest BCUT2D eigenvalue weighted by Gasteiger charge is 1.91. The molecule has 13 heavy (non-hydrogen) atoms.